The summed E-state index contributed by atoms with van der Waals surface area (Å²) in [5, 5.41) is 6.30. The van der Waals surface area contributed by atoms with Crippen molar-refractivity contribution < 1.29 is 9.59 Å². The number of carbonyl (C=O) groups excluding carboxylic acids is 2. The Morgan fingerprint density at radius 3 is 2.42 bits per heavy atom. The van der Waals surface area contributed by atoms with E-state index in [-0.39, 0.29) is 23.7 Å². The molecule has 0 radical (unpaired) electrons. The van der Waals surface area contributed by atoms with Crippen LogP contribution in [0.2, 0.25) is 5.02 Å². The van der Waals surface area contributed by atoms with Crippen molar-refractivity contribution in [3.05, 3.63) is 58.6 Å². The van der Waals surface area contributed by atoms with Crippen molar-refractivity contribution in [1.82, 2.24) is 0 Å². The summed E-state index contributed by atoms with van der Waals surface area (Å²) in [5.41, 5.74) is 3.55. The molecule has 0 heterocycles. The molecule has 0 aliphatic heterocycles. The number of carbonyl (C=O) groups is 2. The fourth-order valence-electron chi connectivity index (χ4n) is 2.67. The molecule has 5 heteroatoms. The van der Waals surface area contributed by atoms with Crippen LogP contribution in [0.3, 0.4) is 0 Å². The smallest absolute Gasteiger partial charge is 0.228 e. The highest BCUT2D eigenvalue weighted by molar-refractivity contribution is 6.30. The third kappa shape index (κ3) is 3.77. The number of rotatable bonds is 4. The number of hydrogen-bond donors (Lipinski definition) is 2. The van der Waals surface area contributed by atoms with Crippen LogP contribution in [0.1, 0.15) is 17.5 Å². The number of halogens is 1. The molecular weight excluding hydrogens is 324 g/mol. The van der Waals surface area contributed by atoms with Gasteiger partial charge in [-0.1, -0.05) is 29.8 Å². The second-order valence-electron chi connectivity index (χ2n) is 6.26. The molecule has 3 rings (SSSR count). The first-order valence-corrected chi connectivity index (χ1v) is 8.26. The van der Waals surface area contributed by atoms with Crippen LogP contribution in [-0.4, -0.2) is 11.8 Å². The normalized spacial score (nSPS) is 18.8. The fourth-order valence-corrected chi connectivity index (χ4v) is 2.86. The molecule has 2 aromatic rings. The maximum atomic E-state index is 12.3. The summed E-state index contributed by atoms with van der Waals surface area (Å²) in [6, 6.07) is 12.9. The fraction of sp³-hybridized carbons (Fsp3) is 0.263. The van der Waals surface area contributed by atoms with Gasteiger partial charge >= 0.3 is 0 Å². The third-order valence-electron chi connectivity index (χ3n) is 4.21. The standard InChI is InChI=1S/C19H19ClN2O2/c1-11-6-7-12(2)17(8-11)22-19(24)16-10-15(16)18(23)21-14-5-3-4-13(20)9-14/h3-9,15-16H,10H2,1-2H3,(H,21,23)(H,22,24). The lowest BCUT2D eigenvalue weighted by Gasteiger charge is -2.09. The van der Waals surface area contributed by atoms with Gasteiger partial charge in [0.1, 0.15) is 0 Å². The molecule has 2 atom stereocenters. The van der Waals surface area contributed by atoms with E-state index in [1.54, 1.807) is 24.3 Å². The second-order valence-corrected chi connectivity index (χ2v) is 6.69. The van der Waals surface area contributed by atoms with Gasteiger partial charge in [-0.2, -0.15) is 0 Å². The van der Waals surface area contributed by atoms with Crippen molar-refractivity contribution in [3.8, 4) is 0 Å². The van der Waals surface area contributed by atoms with E-state index in [4.69, 9.17) is 11.6 Å². The average Bonchev–Trinajstić information content (AvgIpc) is 3.32. The van der Waals surface area contributed by atoms with E-state index in [1.165, 1.54) is 0 Å². The molecule has 0 saturated heterocycles. The molecule has 1 aliphatic rings. The summed E-state index contributed by atoms with van der Waals surface area (Å²) in [6.07, 6.45) is 0.573. The molecule has 0 aromatic heterocycles. The van der Waals surface area contributed by atoms with Gasteiger partial charge in [-0.15, -0.1) is 0 Å². The van der Waals surface area contributed by atoms with Crippen molar-refractivity contribution >= 4 is 34.8 Å². The Kier molecular flexibility index (Phi) is 4.58. The van der Waals surface area contributed by atoms with Gasteiger partial charge in [0.05, 0.1) is 11.8 Å². The van der Waals surface area contributed by atoms with Crippen molar-refractivity contribution in [2.24, 2.45) is 11.8 Å². The molecule has 1 saturated carbocycles. The van der Waals surface area contributed by atoms with E-state index in [0.717, 1.165) is 16.8 Å². The highest BCUT2D eigenvalue weighted by Crippen LogP contribution is 2.40. The van der Waals surface area contributed by atoms with Crippen LogP contribution in [0.5, 0.6) is 0 Å². The first kappa shape index (κ1) is 16.5. The predicted octanol–water partition coefficient (Wildman–Crippen LogP) is 4.17. The quantitative estimate of drug-likeness (QED) is 0.876. The highest BCUT2D eigenvalue weighted by Gasteiger charge is 2.48. The zero-order chi connectivity index (χ0) is 17.3. The Morgan fingerprint density at radius 2 is 1.71 bits per heavy atom. The van der Waals surface area contributed by atoms with Gasteiger partial charge in [0.2, 0.25) is 11.8 Å². The lowest BCUT2D eigenvalue weighted by Crippen LogP contribution is -2.21. The van der Waals surface area contributed by atoms with Crippen molar-refractivity contribution in [2.75, 3.05) is 10.6 Å². The van der Waals surface area contributed by atoms with Gasteiger partial charge in [0.25, 0.3) is 0 Å². The minimum absolute atomic E-state index is 0.102. The van der Waals surface area contributed by atoms with Gasteiger partial charge in [0.15, 0.2) is 0 Å². The van der Waals surface area contributed by atoms with Gasteiger partial charge in [-0.3, -0.25) is 9.59 Å². The van der Waals surface area contributed by atoms with Crippen LogP contribution in [0.15, 0.2) is 42.5 Å². The van der Waals surface area contributed by atoms with E-state index >= 15 is 0 Å². The van der Waals surface area contributed by atoms with E-state index in [0.29, 0.717) is 17.1 Å². The number of amides is 2. The summed E-state index contributed by atoms with van der Waals surface area (Å²) >= 11 is 5.91. The zero-order valence-electron chi connectivity index (χ0n) is 13.6. The van der Waals surface area contributed by atoms with E-state index in [2.05, 4.69) is 10.6 Å². The van der Waals surface area contributed by atoms with Crippen molar-refractivity contribution in [1.29, 1.82) is 0 Å². The summed E-state index contributed by atoms with van der Waals surface area (Å²) in [5.74, 6) is -0.800. The summed E-state index contributed by atoms with van der Waals surface area (Å²) < 4.78 is 0. The van der Waals surface area contributed by atoms with E-state index in [9.17, 15) is 9.59 Å². The SMILES string of the molecule is Cc1ccc(C)c(NC(=O)C2CC2C(=O)Nc2cccc(Cl)c2)c1. The molecule has 1 aliphatic carbocycles. The first-order chi connectivity index (χ1) is 11.4. The van der Waals surface area contributed by atoms with Crippen LogP contribution < -0.4 is 10.6 Å². The monoisotopic (exact) mass is 342 g/mol. The molecule has 0 bridgehead atoms. The molecule has 2 N–H and O–H groups in total. The molecule has 4 nitrogen and oxygen atoms in total. The molecular formula is C19H19ClN2O2. The number of hydrogen-bond acceptors (Lipinski definition) is 2. The van der Waals surface area contributed by atoms with Crippen LogP contribution in [0, 0.1) is 25.7 Å². The minimum atomic E-state index is -0.283. The predicted molar refractivity (Wildman–Crippen MR) is 96.2 cm³/mol. The zero-order valence-corrected chi connectivity index (χ0v) is 14.4. The topological polar surface area (TPSA) is 58.2 Å². The molecule has 124 valence electrons. The van der Waals surface area contributed by atoms with E-state index < -0.39 is 0 Å². The van der Waals surface area contributed by atoms with Gasteiger partial charge in [-0.05, 0) is 55.7 Å². The Morgan fingerprint density at radius 1 is 1.00 bits per heavy atom. The Labute approximate surface area is 146 Å². The van der Waals surface area contributed by atoms with Crippen molar-refractivity contribution in [2.45, 2.75) is 20.3 Å². The Hall–Kier alpha value is -2.33. The van der Waals surface area contributed by atoms with Crippen molar-refractivity contribution in [3.63, 3.8) is 0 Å². The highest BCUT2D eigenvalue weighted by atomic mass is 35.5. The molecule has 2 amide bonds. The molecule has 2 unspecified atom stereocenters. The van der Waals surface area contributed by atoms with Gasteiger partial charge < -0.3 is 10.6 Å². The van der Waals surface area contributed by atoms with E-state index in [1.807, 2.05) is 32.0 Å². The molecule has 0 spiro atoms. The summed E-state index contributed by atoms with van der Waals surface area (Å²) in [4.78, 5) is 24.6. The maximum absolute atomic E-state index is 12.3. The Balaban J connectivity index is 1.59. The van der Waals surface area contributed by atoms with Gasteiger partial charge in [-0.25, -0.2) is 0 Å². The largest absolute Gasteiger partial charge is 0.326 e. The Bertz CT molecular complexity index is 804. The van der Waals surface area contributed by atoms with Crippen LogP contribution in [0.25, 0.3) is 0 Å². The number of benzene rings is 2. The summed E-state index contributed by atoms with van der Waals surface area (Å²) in [6.45, 7) is 3.93. The van der Waals surface area contributed by atoms with Crippen LogP contribution in [-0.2, 0) is 9.59 Å². The van der Waals surface area contributed by atoms with Gasteiger partial charge in [0, 0.05) is 16.4 Å². The van der Waals surface area contributed by atoms with Crippen LogP contribution >= 0.6 is 11.6 Å². The number of anilines is 2. The minimum Gasteiger partial charge on any atom is -0.326 e. The lowest BCUT2D eigenvalue weighted by molar-refractivity contribution is -0.122. The number of aryl methyl sites for hydroxylation is 2. The maximum Gasteiger partial charge on any atom is 0.228 e. The summed E-state index contributed by atoms with van der Waals surface area (Å²) in [7, 11) is 0. The second kappa shape index (κ2) is 6.65. The average molecular weight is 343 g/mol. The first-order valence-electron chi connectivity index (χ1n) is 7.88. The third-order valence-corrected chi connectivity index (χ3v) is 4.44. The molecule has 24 heavy (non-hydrogen) atoms. The molecule has 1 fully saturated rings. The lowest BCUT2D eigenvalue weighted by atomic mass is 10.1. The number of nitrogens with one attached hydrogen (secondary N) is 2. The molecule has 2 aromatic carbocycles. The van der Waals surface area contributed by atoms with Crippen LogP contribution in [0.4, 0.5) is 11.4 Å².